The molecule has 0 spiro atoms. The molecule has 4 rings (SSSR count). The standard InChI is InChI=1S/C22H24N4O2S/c1-15(21(27)25-20-6-2-5-19-18(20)4-3-10-23-19)26-11-7-17(8-12-26)24-22(28)16-9-13-29-14-16/h2-6,9-10,13-15,17H,7-8,11-12H2,1H3,(H,24,28)(H,25,27). The van der Waals surface area contributed by atoms with Gasteiger partial charge in [0.15, 0.2) is 0 Å². The van der Waals surface area contributed by atoms with Crippen LogP contribution >= 0.6 is 11.3 Å². The van der Waals surface area contributed by atoms with Crippen molar-refractivity contribution in [1.82, 2.24) is 15.2 Å². The first-order chi connectivity index (χ1) is 14.1. The van der Waals surface area contributed by atoms with Gasteiger partial charge in [0.25, 0.3) is 5.91 Å². The predicted molar refractivity (Wildman–Crippen MR) is 116 cm³/mol. The van der Waals surface area contributed by atoms with E-state index in [0.29, 0.717) is 0 Å². The van der Waals surface area contributed by atoms with Crippen molar-refractivity contribution in [3.63, 3.8) is 0 Å². The monoisotopic (exact) mass is 408 g/mol. The molecule has 2 amide bonds. The fourth-order valence-electron chi connectivity index (χ4n) is 3.71. The van der Waals surface area contributed by atoms with Gasteiger partial charge in [0, 0.05) is 41.7 Å². The van der Waals surface area contributed by atoms with Gasteiger partial charge in [-0.25, -0.2) is 0 Å². The number of carbonyl (C=O) groups excluding carboxylic acids is 2. The van der Waals surface area contributed by atoms with E-state index in [-0.39, 0.29) is 23.9 Å². The zero-order chi connectivity index (χ0) is 20.2. The molecule has 0 aliphatic carbocycles. The molecule has 1 aromatic carbocycles. The van der Waals surface area contributed by atoms with E-state index in [1.807, 2.05) is 54.1 Å². The number of carbonyl (C=O) groups is 2. The van der Waals surface area contributed by atoms with Crippen LogP contribution in [0.25, 0.3) is 10.9 Å². The van der Waals surface area contributed by atoms with Crippen molar-refractivity contribution in [2.75, 3.05) is 18.4 Å². The van der Waals surface area contributed by atoms with E-state index in [0.717, 1.165) is 48.1 Å². The summed E-state index contributed by atoms with van der Waals surface area (Å²) in [5.41, 5.74) is 2.36. The zero-order valence-electron chi connectivity index (χ0n) is 16.3. The van der Waals surface area contributed by atoms with Gasteiger partial charge in [-0.15, -0.1) is 0 Å². The van der Waals surface area contributed by atoms with Gasteiger partial charge in [0.05, 0.1) is 17.2 Å². The van der Waals surface area contributed by atoms with E-state index < -0.39 is 0 Å². The largest absolute Gasteiger partial charge is 0.349 e. The molecule has 0 saturated carbocycles. The van der Waals surface area contributed by atoms with Crippen LogP contribution in [0.4, 0.5) is 5.69 Å². The Labute approximate surface area is 173 Å². The highest BCUT2D eigenvalue weighted by molar-refractivity contribution is 7.08. The molecule has 7 heteroatoms. The maximum atomic E-state index is 12.8. The number of amides is 2. The Morgan fingerprint density at radius 1 is 1.17 bits per heavy atom. The average Bonchev–Trinajstić information content (AvgIpc) is 3.29. The first kappa shape index (κ1) is 19.5. The fourth-order valence-corrected chi connectivity index (χ4v) is 4.34. The van der Waals surface area contributed by atoms with Gasteiger partial charge in [-0.05, 0) is 55.5 Å². The van der Waals surface area contributed by atoms with E-state index in [2.05, 4.69) is 20.5 Å². The number of rotatable bonds is 5. The second-order valence-electron chi connectivity index (χ2n) is 7.34. The van der Waals surface area contributed by atoms with Crippen LogP contribution in [0.5, 0.6) is 0 Å². The molecule has 29 heavy (non-hydrogen) atoms. The summed E-state index contributed by atoms with van der Waals surface area (Å²) < 4.78 is 0. The zero-order valence-corrected chi connectivity index (χ0v) is 17.1. The Hall–Kier alpha value is -2.77. The highest BCUT2D eigenvalue weighted by atomic mass is 32.1. The number of aromatic nitrogens is 1. The number of thiophene rings is 1. The maximum Gasteiger partial charge on any atom is 0.252 e. The lowest BCUT2D eigenvalue weighted by Crippen LogP contribution is -2.50. The van der Waals surface area contributed by atoms with Crippen LogP contribution in [-0.4, -0.2) is 46.9 Å². The number of fused-ring (bicyclic) bond motifs is 1. The van der Waals surface area contributed by atoms with E-state index in [4.69, 9.17) is 0 Å². The molecule has 150 valence electrons. The molecule has 1 aliphatic rings. The molecule has 1 fully saturated rings. The highest BCUT2D eigenvalue weighted by Gasteiger charge is 2.27. The third-order valence-electron chi connectivity index (χ3n) is 5.48. The van der Waals surface area contributed by atoms with Gasteiger partial charge in [0.2, 0.25) is 5.91 Å². The molecule has 1 unspecified atom stereocenters. The summed E-state index contributed by atoms with van der Waals surface area (Å²) in [4.78, 5) is 31.6. The van der Waals surface area contributed by atoms with Crippen LogP contribution in [0.2, 0.25) is 0 Å². The van der Waals surface area contributed by atoms with Crippen LogP contribution in [0, 0.1) is 0 Å². The molecular formula is C22H24N4O2S. The summed E-state index contributed by atoms with van der Waals surface area (Å²) in [6.07, 6.45) is 3.43. The van der Waals surface area contributed by atoms with Crippen molar-refractivity contribution in [3.8, 4) is 0 Å². The molecule has 6 nitrogen and oxygen atoms in total. The first-order valence-corrected chi connectivity index (χ1v) is 10.8. The fraction of sp³-hybridized carbons (Fsp3) is 0.318. The first-order valence-electron chi connectivity index (χ1n) is 9.83. The summed E-state index contributed by atoms with van der Waals surface area (Å²) in [6, 6.07) is 11.3. The van der Waals surface area contributed by atoms with E-state index in [9.17, 15) is 9.59 Å². The number of nitrogens with one attached hydrogen (secondary N) is 2. The van der Waals surface area contributed by atoms with Gasteiger partial charge in [-0.3, -0.25) is 19.5 Å². The minimum absolute atomic E-state index is 0.0138. The summed E-state index contributed by atoms with van der Waals surface area (Å²) in [5, 5.41) is 10.9. The topological polar surface area (TPSA) is 74.3 Å². The minimum Gasteiger partial charge on any atom is -0.349 e. The van der Waals surface area contributed by atoms with Crippen LogP contribution in [0.3, 0.4) is 0 Å². The van der Waals surface area contributed by atoms with Crippen molar-refractivity contribution in [1.29, 1.82) is 0 Å². The Kier molecular flexibility index (Phi) is 5.87. The van der Waals surface area contributed by atoms with Gasteiger partial charge >= 0.3 is 0 Å². The normalized spacial score (nSPS) is 16.4. The molecule has 1 atom stereocenters. The van der Waals surface area contributed by atoms with Crippen LogP contribution in [-0.2, 0) is 4.79 Å². The summed E-state index contributed by atoms with van der Waals surface area (Å²) in [7, 11) is 0. The lowest BCUT2D eigenvalue weighted by Gasteiger charge is -2.35. The number of piperidine rings is 1. The van der Waals surface area contributed by atoms with Crippen LogP contribution < -0.4 is 10.6 Å². The van der Waals surface area contributed by atoms with E-state index in [1.54, 1.807) is 6.20 Å². The number of nitrogens with zero attached hydrogens (tertiary/aromatic N) is 2. The number of anilines is 1. The van der Waals surface area contributed by atoms with Gasteiger partial charge < -0.3 is 10.6 Å². The quantitative estimate of drug-likeness (QED) is 0.677. The molecular weight excluding hydrogens is 384 g/mol. The Morgan fingerprint density at radius 2 is 2.00 bits per heavy atom. The Balaban J connectivity index is 1.32. The summed E-state index contributed by atoms with van der Waals surface area (Å²) >= 11 is 1.52. The van der Waals surface area contributed by atoms with Gasteiger partial charge in [-0.1, -0.05) is 6.07 Å². The number of hydrogen-bond acceptors (Lipinski definition) is 5. The van der Waals surface area contributed by atoms with Gasteiger partial charge in [-0.2, -0.15) is 11.3 Å². The molecule has 1 saturated heterocycles. The number of likely N-dealkylation sites (tertiary alicyclic amines) is 1. The molecule has 3 aromatic rings. The van der Waals surface area contributed by atoms with E-state index in [1.165, 1.54) is 11.3 Å². The van der Waals surface area contributed by atoms with Crippen molar-refractivity contribution >= 4 is 39.7 Å². The van der Waals surface area contributed by atoms with Crippen LogP contribution in [0.15, 0.2) is 53.4 Å². The van der Waals surface area contributed by atoms with E-state index >= 15 is 0 Å². The molecule has 1 aliphatic heterocycles. The Bertz CT molecular complexity index is 992. The lowest BCUT2D eigenvalue weighted by molar-refractivity contribution is -0.121. The second-order valence-corrected chi connectivity index (χ2v) is 8.12. The minimum atomic E-state index is -0.240. The molecule has 0 bridgehead atoms. The summed E-state index contributed by atoms with van der Waals surface area (Å²) in [5.74, 6) is -0.0397. The maximum absolute atomic E-state index is 12.8. The predicted octanol–water partition coefficient (Wildman–Crippen LogP) is 3.52. The van der Waals surface area contributed by atoms with Crippen molar-refractivity contribution in [3.05, 3.63) is 58.9 Å². The number of hydrogen-bond donors (Lipinski definition) is 2. The molecule has 2 N–H and O–H groups in total. The van der Waals surface area contributed by atoms with Gasteiger partial charge in [0.1, 0.15) is 0 Å². The third-order valence-corrected chi connectivity index (χ3v) is 6.16. The van der Waals surface area contributed by atoms with Crippen molar-refractivity contribution < 1.29 is 9.59 Å². The number of benzene rings is 1. The highest BCUT2D eigenvalue weighted by Crippen LogP contribution is 2.22. The summed E-state index contributed by atoms with van der Waals surface area (Å²) in [6.45, 7) is 3.49. The van der Waals surface area contributed by atoms with Crippen molar-refractivity contribution in [2.45, 2.75) is 31.8 Å². The Morgan fingerprint density at radius 3 is 2.76 bits per heavy atom. The lowest BCUT2D eigenvalue weighted by atomic mass is 10.0. The SMILES string of the molecule is CC(C(=O)Nc1cccc2ncccc12)N1CCC(NC(=O)c2ccsc2)CC1. The van der Waals surface area contributed by atoms with Crippen molar-refractivity contribution in [2.24, 2.45) is 0 Å². The smallest absolute Gasteiger partial charge is 0.252 e. The average molecular weight is 409 g/mol. The number of pyridine rings is 1. The van der Waals surface area contributed by atoms with Crippen LogP contribution in [0.1, 0.15) is 30.1 Å². The molecule has 0 radical (unpaired) electrons. The third kappa shape index (κ3) is 4.46. The molecule has 2 aromatic heterocycles. The second kappa shape index (κ2) is 8.71. The molecule has 3 heterocycles.